The maximum atomic E-state index is 12.8. The fourth-order valence-corrected chi connectivity index (χ4v) is 4.32. The van der Waals surface area contributed by atoms with Gasteiger partial charge >= 0.3 is 5.97 Å². The number of thioether (sulfide) groups is 1. The van der Waals surface area contributed by atoms with Crippen LogP contribution in [0.2, 0.25) is 0 Å². The number of esters is 1. The summed E-state index contributed by atoms with van der Waals surface area (Å²) in [7, 11) is 0. The maximum Gasteiger partial charge on any atom is 0.339 e. The normalized spacial score (nSPS) is 11.0. The van der Waals surface area contributed by atoms with E-state index in [9.17, 15) is 9.59 Å². The Morgan fingerprint density at radius 1 is 1.03 bits per heavy atom. The molecule has 9 nitrogen and oxygen atoms in total. The number of aromatic nitrogens is 4. The topological polar surface area (TPSA) is 113 Å². The Hall–Kier alpha value is -3.66. The summed E-state index contributed by atoms with van der Waals surface area (Å²) < 4.78 is 17.5. The first-order valence-corrected chi connectivity index (χ1v) is 11.2. The van der Waals surface area contributed by atoms with Crippen LogP contribution in [0.1, 0.15) is 49.6 Å². The van der Waals surface area contributed by atoms with Crippen LogP contribution in [-0.2, 0) is 10.5 Å². The van der Waals surface area contributed by atoms with Crippen molar-refractivity contribution in [2.24, 2.45) is 0 Å². The number of hydrogen-bond donors (Lipinski definition) is 0. The van der Waals surface area contributed by atoms with Crippen LogP contribution in [-0.4, -0.2) is 38.2 Å². The first kappa shape index (κ1) is 22.5. The van der Waals surface area contributed by atoms with Crippen molar-refractivity contribution >= 4 is 23.5 Å². The van der Waals surface area contributed by atoms with E-state index >= 15 is 0 Å². The molecular formula is C23H22N4O5S. The van der Waals surface area contributed by atoms with E-state index in [2.05, 4.69) is 15.3 Å². The van der Waals surface area contributed by atoms with Crippen molar-refractivity contribution in [3.63, 3.8) is 0 Å². The first-order valence-electron chi connectivity index (χ1n) is 10.2. The van der Waals surface area contributed by atoms with E-state index in [-0.39, 0.29) is 12.4 Å². The summed E-state index contributed by atoms with van der Waals surface area (Å²) in [6, 6.07) is 10.6. The number of ether oxygens (including phenoxy) is 1. The molecule has 0 aliphatic carbocycles. The molecule has 0 aliphatic heterocycles. The SMILES string of the molecule is Cc1noc(CSc2ccccc2C(=O)OCC(=O)c2cc(C)n(-c3cc(C)on3)c2C)n1. The molecule has 0 aliphatic rings. The van der Waals surface area contributed by atoms with Gasteiger partial charge in [0.1, 0.15) is 5.76 Å². The number of carbonyl (C=O) groups excluding carboxylic acids is 2. The lowest BCUT2D eigenvalue weighted by atomic mass is 10.1. The second-order valence-corrected chi connectivity index (χ2v) is 8.45. The average Bonchev–Trinajstić information content (AvgIpc) is 3.49. The van der Waals surface area contributed by atoms with Gasteiger partial charge in [0.05, 0.1) is 11.3 Å². The first-order chi connectivity index (χ1) is 15.8. The van der Waals surface area contributed by atoms with Gasteiger partial charge in [-0.25, -0.2) is 4.79 Å². The second kappa shape index (κ2) is 9.45. The molecule has 1 aromatic carbocycles. The molecule has 0 atom stereocenters. The van der Waals surface area contributed by atoms with Gasteiger partial charge in [0.2, 0.25) is 11.7 Å². The fourth-order valence-electron chi connectivity index (χ4n) is 3.44. The zero-order valence-corrected chi connectivity index (χ0v) is 19.4. The smallest absolute Gasteiger partial charge is 0.339 e. The molecule has 33 heavy (non-hydrogen) atoms. The molecule has 4 rings (SSSR count). The molecule has 3 heterocycles. The van der Waals surface area contributed by atoms with E-state index < -0.39 is 5.97 Å². The lowest BCUT2D eigenvalue weighted by Crippen LogP contribution is -2.15. The predicted octanol–water partition coefficient (Wildman–Crippen LogP) is 4.41. The Kier molecular flexibility index (Phi) is 6.45. The van der Waals surface area contributed by atoms with E-state index in [1.807, 2.05) is 24.5 Å². The van der Waals surface area contributed by atoms with Crippen molar-refractivity contribution in [3.05, 3.63) is 76.4 Å². The van der Waals surface area contributed by atoms with Crippen molar-refractivity contribution in [1.82, 2.24) is 19.9 Å². The summed E-state index contributed by atoms with van der Waals surface area (Å²) in [5.74, 6) is 1.83. The summed E-state index contributed by atoms with van der Waals surface area (Å²) in [5, 5.41) is 7.78. The number of rotatable bonds is 8. The van der Waals surface area contributed by atoms with Gasteiger partial charge in [-0.3, -0.25) is 9.36 Å². The monoisotopic (exact) mass is 466 g/mol. The van der Waals surface area contributed by atoms with Gasteiger partial charge in [-0.1, -0.05) is 22.4 Å². The number of hydrogen-bond acceptors (Lipinski definition) is 9. The van der Waals surface area contributed by atoms with E-state index in [1.54, 1.807) is 44.2 Å². The summed E-state index contributed by atoms with van der Waals surface area (Å²) in [6.45, 7) is 6.86. The molecule has 3 aromatic heterocycles. The average molecular weight is 467 g/mol. The summed E-state index contributed by atoms with van der Waals surface area (Å²) >= 11 is 1.38. The van der Waals surface area contributed by atoms with Gasteiger partial charge in [0, 0.05) is 27.9 Å². The Balaban J connectivity index is 1.44. The third-order valence-corrected chi connectivity index (χ3v) is 6.00. The standard InChI is InChI=1S/C23H22N4O5S/c1-13-9-18(15(3)27(13)21-10-14(2)31-26-21)19(28)11-30-23(29)17-7-5-6-8-20(17)33-12-22-24-16(4)25-32-22/h5-10H,11-12H2,1-4H3. The Bertz CT molecular complexity index is 1320. The molecular weight excluding hydrogens is 444 g/mol. The van der Waals surface area contributed by atoms with E-state index in [1.165, 1.54) is 11.8 Å². The van der Waals surface area contributed by atoms with Crippen LogP contribution in [0.3, 0.4) is 0 Å². The molecule has 0 bridgehead atoms. The summed E-state index contributed by atoms with van der Waals surface area (Å²) in [6.07, 6.45) is 0. The largest absolute Gasteiger partial charge is 0.454 e. The third kappa shape index (κ3) is 4.90. The minimum absolute atomic E-state index is 0.297. The molecule has 170 valence electrons. The zero-order chi connectivity index (χ0) is 23.5. The molecule has 0 saturated heterocycles. The van der Waals surface area contributed by atoms with E-state index in [0.29, 0.717) is 50.8 Å². The molecule has 4 aromatic rings. The van der Waals surface area contributed by atoms with Crippen LogP contribution in [0.4, 0.5) is 0 Å². The Labute approximate surface area is 194 Å². The maximum absolute atomic E-state index is 12.8. The highest BCUT2D eigenvalue weighted by Gasteiger charge is 2.21. The number of carbonyl (C=O) groups is 2. The van der Waals surface area contributed by atoms with Gasteiger partial charge < -0.3 is 13.8 Å². The van der Waals surface area contributed by atoms with Gasteiger partial charge in [-0.2, -0.15) is 4.98 Å². The van der Waals surface area contributed by atoms with Gasteiger partial charge in [-0.15, -0.1) is 11.8 Å². The van der Waals surface area contributed by atoms with Crippen molar-refractivity contribution in [1.29, 1.82) is 0 Å². The van der Waals surface area contributed by atoms with Crippen molar-refractivity contribution in [2.75, 3.05) is 6.61 Å². The molecule has 10 heteroatoms. The number of Topliss-reactive ketones (excluding diaryl/α,β-unsaturated/α-hetero) is 1. The molecule has 0 radical (unpaired) electrons. The predicted molar refractivity (Wildman–Crippen MR) is 120 cm³/mol. The fraction of sp³-hybridized carbons (Fsp3) is 0.261. The van der Waals surface area contributed by atoms with Crippen LogP contribution >= 0.6 is 11.8 Å². The summed E-state index contributed by atoms with van der Waals surface area (Å²) in [4.78, 5) is 30.4. The second-order valence-electron chi connectivity index (χ2n) is 7.44. The lowest BCUT2D eigenvalue weighted by molar-refractivity contribution is 0.0471. The highest BCUT2D eigenvalue weighted by Crippen LogP contribution is 2.27. The van der Waals surface area contributed by atoms with E-state index in [0.717, 1.165) is 5.69 Å². The molecule has 0 N–H and O–H groups in total. The highest BCUT2D eigenvalue weighted by molar-refractivity contribution is 7.98. The van der Waals surface area contributed by atoms with Crippen molar-refractivity contribution in [3.8, 4) is 5.82 Å². The number of aryl methyl sites for hydroxylation is 3. The van der Waals surface area contributed by atoms with Crippen LogP contribution in [0, 0.1) is 27.7 Å². The third-order valence-electron chi connectivity index (χ3n) is 4.94. The summed E-state index contributed by atoms with van der Waals surface area (Å²) in [5.41, 5.74) is 2.37. The zero-order valence-electron chi connectivity index (χ0n) is 18.6. The molecule has 0 unspecified atom stereocenters. The molecule has 0 saturated carbocycles. The van der Waals surface area contributed by atoms with Gasteiger partial charge in [0.25, 0.3) is 0 Å². The van der Waals surface area contributed by atoms with Gasteiger partial charge in [0.15, 0.2) is 18.2 Å². The van der Waals surface area contributed by atoms with Gasteiger partial charge in [-0.05, 0) is 45.9 Å². The number of nitrogens with zero attached hydrogens (tertiary/aromatic N) is 4. The van der Waals surface area contributed by atoms with Crippen LogP contribution < -0.4 is 0 Å². The van der Waals surface area contributed by atoms with Crippen LogP contribution in [0.15, 0.2) is 50.3 Å². The Morgan fingerprint density at radius 3 is 2.52 bits per heavy atom. The lowest BCUT2D eigenvalue weighted by Gasteiger charge is -2.09. The van der Waals surface area contributed by atoms with E-state index in [4.69, 9.17) is 13.8 Å². The Morgan fingerprint density at radius 2 is 1.82 bits per heavy atom. The van der Waals surface area contributed by atoms with Crippen molar-refractivity contribution in [2.45, 2.75) is 38.3 Å². The quantitative estimate of drug-likeness (QED) is 0.212. The minimum atomic E-state index is -0.575. The van der Waals surface area contributed by atoms with Crippen LogP contribution in [0.5, 0.6) is 0 Å². The highest BCUT2D eigenvalue weighted by atomic mass is 32.2. The molecule has 0 fully saturated rings. The van der Waals surface area contributed by atoms with Crippen LogP contribution in [0.25, 0.3) is 5.82 Å². The molecule has 0 spiro atoms. The van der Waals surface area contributed by atoms with Crippen molar-refractivity contribution < 1.29 is 23.4 Å². The number of benzene rings is 1. The number of ketones is 1. The minimum Gasteiger partial charge on any atom is -0.454 e. The molecule has 0 amide bonds.